The van der Waals surface area contributed by atoms with Gasteiger partial charge < -0.3 is 24.3 Å². The third kappa shape index (κ3) is 6.19. The number of amides is 2. The number of rotatable bonds is 8. The molecule has 2 amide bonds. The molecule has 10 nitrogen and oxygen atoms in total. The molecule has 10 heteroatoms. The average molecular weight is 554 g/mol. The standard InChI is InChI=1S/C30H43N5O5/c1-20(2)35-27-8-6-5-7-22(27)15-28(29(35)37)40-30(38)31-23-16-24-9-10-25(17-23)34(24)19-26(39-4)18-32-11-13-33(14-12-32)21(3)36/h5-8,15,20,23-26H,9-14,16-19H2,1-4H3,(H,31,38)/t23-,24-,25+,26?. The maximum atomic E-state index is 13.1. The van der Waals surface area contributed by atoms with Crippen LogP contribution >= 0.6 is 0 Å². The van der Waals surface area contributed by atoms with Crippen LogP contribution in [0, 0.1) is 0 Å². The fourth-order valence-electron chi connectivity index (χ4n) is 6.81. The second-order valence-electron chi connectivity index (χ2n) is 11.8. The molecule has 1 aromatic heterocycles. The van der Waals surface area contributed by atoms with Gasteiger partial charge in [-0.1, -0.05) is 18.2 Å². The summed E-state index contributed by atoms with van der Waals surface area (Å²) in [4.78, 5) is 44.6. The van der Waals surface area contributed by atoms with E-state index in [2.05, 4.69) is 15.1 Å². The van der Waals surface area contributed by atoms with Crippen LogP contribution in [0.2, 0.25) is 0 Å². The number of carbonyl (C=O) groups is 2. The van der Waals surface area contributed by atoms with Crippen molar-refractivity contribution in [2.24, 2.45) is 0 Å². The van der Waals surface area contributed by atoms with Gasteiger partial charge in [0.25, 0.3) is 5.56 Å². The van der Waals surface area contributed by atoms with Gasteiger partial charge in [-0.2, -0.15) is 0 Å². The highest BCUT2D eigenvalue weighted by atomic mass is 16.6. The molecule has 3 aliphatic rings. The number of para-hydroxylation sites is 1. The van der Waals surface area contributed by atoms with Crippen LogP contribution in [0.3, 0.4) is 0 Å². The van der Waals surface area contributed by atoms with Crippen molar-refractivity contribution in [1.29, 1.82) is 0 Å². The molecule has 0 radical (unpaired) electrons. The molecular formula is C30H43N5O5. The fraction of sp³-hybridized carbons (Fsp3) is 0.633. The summed E-state index contributed by atoms with van der Waals surface area (Å²) >= 11 is 0. The number of pyridine rings is 1. The Labute approximate surface area is 236 Å². The average Bonchev–Trinajstić information content (AvgIpc) is 3.15. The molecule has 1 N–H and O–H groups in total. The van der Waals surface area contributed by atoms with E-state index in [0.29, 0.717) is 12.1 Å². The first-order valence-electron chi connectivity index (χ1n) is 14.6. The Kier molecular flexibility index (Phi) is 8.77. The smallest absolute Gasteiger partial charge is 0.404 e. The van der Waals surface area contributed by atoms with Crippen molar-refractivity contribution in [3.63, 3.8) is 0 Å². The largest absolute Gasteiger partial charge is 0.413 e. The molecule has 0 spiro atoms. The minimum absolute atomic E-state index is 0.00897. The van der Waals surface area contributed by atoms with Crippen molar-refractivity contribution in [3.05, 3.63) is 40.7 Å². The van der Waals surface area contributed by atoms with Crippen LogP contribution in [0.25, 0.3) is 10.9 Å². The quantitative estimate of drug-likeness (QED) is 0.537. The Hall–Kier alpha value is -2.95. The molecular weight excluding hydrogens is 510 g/mol. The number of aromatic nitrogens is 1. The Bertz CT molecular complexity index is 1260. The van der Waals surface area contributed by atoms with Gasteiger partial charge in [0.05, 0.1) is 11.6 Å². The number of piperazine rings is 1. The zero-order valence-electron chi connectivity index (χ0n) is 24.2. The number of fused-ring (bicyclic) bond motifs is 3. The summed E-state index contributed by atoms with van der Waals surface area (Å²) in [5.41, 5.74) is 0.527. The molecule has 218 valence electrons. The maximum Gasteiger partial charge on any atom is 0.413 e. The van der Waals surface area contributed by atoms with E-state index >= 15 is 0 Å². The van der Waals surface area contributed by atoms with E-state index in [1.807, 2.05) is 43.0 Å². The summed E-state index contributed by atoms with van der Waals surface area (Å²) in [6.45, 7) is 10.5. The molecule has 4 atom stereocenters. The number of methoxy groups -OCH3 is 1. The Balaban J connectivity index is 1.16. The number of nitrogens with zero attached hydrogens (tertiary/aromatic N) is 4. The Morgan fingerprint density at radius 1 is 1.02 bits per heavy atom. The summed E-state index contributed by atoms with van der Waals surface area (Å²) in [5.74, 6) is 0.196. The van der Waals surface area contributed by atoms with Crippen LogP contribution in [0.1, 0.15) is 52.5 Å². The monoisotopic (exact) mass is 553 g/mol. The van der Waals surface area contributed by atoms with Crippen LogP contribution in [0.4, 0.5) is 4.79 Å². The SMILES string of the molecule is COC(CN1CCN(C(C)=O)CC1)CN1[C@@H]2CC[C@H]1C[C@H](NC(=O)Oc1cc3ccccc3n(C(C)C)c1=O)C2. The zero-order chi connectivity index (χ0) is 28.4. The summed E-state index contributed by atoms with van der Waals surface area (Å²) in [6.07, 6.45) is 3.45. The zero-order valence-corrected chi connectivity index (χ0v) is 24.2. The molecule has 3 aliphatic heterocycles. The van der Waals surface area contributed by atoms with Crippen molar-refractivity contribution in [2.45, 2.75) is 76.7 Å². The van der Waals surface area contributed by atoms with Crippen LogP contribution < -0.4 is 15.6 Å². The van der Waals surface area contributed by atoms with E-state index in [-0.39, 0.29) is 35.4 Å². The number of carbonyl (C=O) groups excluding carboxylic acids is 2. The van der Waals surface area contributed by atoms with Gasteiger partial charge in [-0.3, -0.25) is 19.4 Å². The van der Waals surface area contributed by atoms with E-state index < -0.39 is 6.09 Å². The predicted molar refractivity (Wildman–Crippen MR) is 154 cm³/mol. The highest BCUT2D eigenvalue weighted by Gasteiger charge is 2.42. The van der Waals surface area contributed by atoms with Crippen molar-refractivity contribution in [1.82, 2.24) is 24.6 Å². The summed E-state index contributed by atoms with van der Waals surface area (Å²) < 4.78 is 13.2. The molecule has 1 unspecified atom stereocenters. The van der Waals surface area contributed by atoms with E-state index in [0.717, 1.165) is 75.9 Å². The van der Waals surface area contributed by atoms with Gasteiger partial charge in [-0.25, -0.2) is 4.79 Å². The van der Waals surface area contributed by atoms with Gasteiger partial charge in [0.15, 0.2) is 5.75 Å². The molecule has 2 aromatic rings. The van der Waals surface area contributed by atoms with Crippen molar-refractivity contribution < 1.29 is 19.1 Å². The van der Waals surface area contributed by atoms with Crippen molar-refractivity contribution >= 4 is 22.9 Å². The molecule has 2 bridgehead atoms. The normalized spacial score (nSPS) is 24.4. The number of hydrogen-bond donors (Lipinski definition) is 1. The van der Waals surface area contributed by atoms with Gasteiger partial charge in [-0.05, 0) is 51.7 Å². The van der Waals surface area contributed by atoms with Gasteiger partial charge in [0.1, 0.15) is 0 Å². The lowest BCUT2D eigenvalue weighted by Gasteiger charge is -2.41. The van der Waals surface area contributed by atoms with Gasteiger partial charge in [0, 0.05) is 82.9 Å². The van der Waals surface area contributed by atoms with Crippen molar-refractivity contribution in [2.75, 3.05) is 46.4 Å². The number of ether oxygens (including phenoxy) is 2. The highest BCUT2D eigenvalue weighted by molar-refractivity contribution is 5.81. The molecule has 1 aromatic carbocycles. The highest BCUT2D eigenvalue weighted by Crippen LogP contribution is 2.36. The lowest BCUT2D eigenvalue weighted by atomic mass is 9.97. The van der Waals surface area contributed by atoms with Gasteiger partial charge in [0.2, 0.25) is 5.91 Å². The fourth-order valence-corrected chi connectivity index (χ4v) is 6.81. The van der Waals surface area contributed by atoms with E-state index in [1.165, 1.54) is 0 Å². The van der Waals surface area contributed by atoms with E-state index in [1.54, 1.807) is 24.7 Å². The molecule has 0 saturated carbocycles. The number of nitrogens with one attached hydrogen (secondary N) is 1. The predicted octanol–water partition coefficient (Wildman–Crippen LogP) is 2.85. The molecule has 0 aliphatic carbocycles. The first-order chi connectivity index (χ1) is 19.2. The van der Waals surface area contributed by atoms with E-state index in [4.69, 9.17) is 9.47 Å². The third-order valence-electron chi connectivity index (χ3n) is 8.87. The molecule has 3 fully saturated rings. The maximum absolute atomic E-state index is 13.1. The van der Waals surface area contributed by atoms with Gasteiger partial charge in [-0.15, -0.1) is 0 Å². The summed E-state index contributed by atoms with van der Waals surface area (Å²) in [7, 11) is 1.78. The summed E-state index contributed by atoms with van der Waals surface area (Å²) in [6, 6.07) is 10.0. The first-order valence-corrected chi connectivity index (χ1v) is 14.6. The van der Waals surface area contributed by atoms with Crippen LogP contribution in [-0.4, -0.2) is 102 Å². The Morgan fingerprint density at radius 2 is 1.70 bits per heavy atom. The number of benzene rings is 1. The van der Waals surface area contributed by atoms with Crippen molar-refractivity contribution in [3.8, 4) is 5.75 Å². The summed E-state index contributed by atoms with van der Waals surface area (Å²) in [5, 5.41) is 3.91. The Morgan fingerprint density at radius 3 is 2.33 bits per heavy atom. The molecule has 4 heterocycles. The molecule has 3 saturated heterocycles. The minimum Gasteiger partial charge on any atom is -0.404 e. The van der Waals surface area contributed by atoms with Crippen LogP contribution in [0.15, 0.2) is 35.1 Å². The minimum atomic E-state index is -0.569. The van der Waals surface area contributed by atoms with E-state index in [9.17, 15) is 14.4 Å². The molecule has 40 heavy (non-hydrogen) atoms. The molecule has 5 rings (SSSR count). The number of piperidine rings is 1. The third-order valence-corrected chi connectivity index (χ3v) is 8.87. The van der Waals surface area contributed by atoms with Gasteiger partial charge >= 0.3 is 6.09 Å². The van der Waals surface area contributed by atoms with Crippen LogP contribution in [0.5, 0.6) is 5.75 Å². The first kappa shape index (κ1) is 28.6. The topological polar surface area (TPSA) is 96.3 Å². The lowest BCUT2D eigenvalue weighted by Crippen LogP contribution is -2.55. The number of hydrogen-bond acceptors (Lipinski definition) is 7. The second-order valence-corrected chi connectivity index (χ2v) is 11.8. The lowest BCUT2D eigenvalue weighted by molar-refractivity contribution is -0.130. The van der Waals surface area contributed by atoms with Crippen LogP contribution in [-0.2, 0) is 9.53 Å². The second kappa shape index (κ2) is 12.3.